The first-order chi connectivity index (χ1) is 11.1. The second kappa shape index (κ2) is 6.63. The summed E-state index contributed by atoms with van der Waals surface area (Å²) < 4.78 is 11.3. The fraction of sp³-hybridized carbons (Fsp3) is 0.400. The molecule has 2 aromatic rings. The van der Waals surface area contributed by atoms with Gasteiger partial charge in [-0.2, -0.15) is 0 Å². The summed E-state index contributed by atoms with van der Waals surface area (Å²) in [4.78, 5) is 0. The molecule has 122 valence electrons. The van der Waals surface area contributed by atoms with E-state index in [0.717, 1.165) is 24.5 Å². The molecule has 1 aliphatic heterocycles. The van der Waals surface area contributed by atoms with E-state index in [-0.39, 0.29) is 6.04 Å². The van der Waals surface area contributed by atoms with Crippen LogP contribution in [0, 0.1) is 13.8 Å². The normalized spacial score (nSPS) is 16.8. The van der Waals surface area contributed by atoms with Crippen molar-refractivity contribution < 1.29 is 9.47 Å². The molecule has 0 aromatic heterocycles. The monoisotopic (exact) mass is 311 g/mol. The Morgan fingerprint density at radius 2 is 1.91 bits per heavy atom. The van der Waals surface area contributed by atoms with Gasteiger partial charge in [0.05, 0.1) is 19.8 Å². The zero-order valence-corrected chi connectivity index (χ0v) is 14.4. The van der Waals surface area contributed by atoms with Gasteiger partial charge in [0.2, 0.25) is 0 Å². The molecule has 0 radical (unpaired) electrons. The lowest BCUT2D eigenvalue weighted by Gasteiger charge is -2.29. The van der Waals surface area contributed by atoms with Gasteiger partial charge in [-0.15, -0.1) is 0 Å². The van der Waals surface area contributed by atoms with E-state index in [9.17, 15) is 0 Å². The number of hydrogen-bond acceptors (Lipinski definition) is 3. The molecule has 3 heteroatoms. The molecule has 1 atom stereocenters. The van der Waals surface area contributed by atoms with E-state index in [1.54, 1.807) is 7.11 Å². The fourth-order valence-electron chi connectivity index (χ4n) is 3.42. The fourth-order valence-corrected chi connectivity index (χ4v) is 3.42. The van der Waals surface area contributed by atoms with Crippen LogP contribution in [-0.2, 0) is 6.42 Å². The number of ether oxygens (including phenoxy) is 2. The molecule has 3 rings (SSSR count). The van der Waals surface area contributed by atoms with E-state index in [2.05, 4.69) is 49.5 Å². The molecule has 0 fully saturated rings. The lowest BCUT2D eigenvalue weighted by atomic mass is 9.87. The van der Waals surface area contributed by atoms with Gasteiger partial charge in [-0.3, -0.25) is 0 Å². The molecule has 2 aromatic carbocycles. The summed E-state index contributed by atoms with van der Waals surface area (Å²) >= 11 is 0. The Kier molecular flexibility index (Phi) is 4.58. The van der Waals surface area contributed by atoms with Gasteiger partial charge in [0.15, 0.2) is 11.5 Å². The van der Waals surface area contributed by atoms with Crippen LogP contribution in [0.2, 0.25) is 0 Å². The number of benzene rings is 2. The summed E-state index contributed by atoms with van der Waals surface area (Å²) in [5, 5.41) is 3.66. The van der Waals surface area contributed by atoms with Gasteiger partial charge in [-0.1, -0.05) is 23.8 Å². The number of fused-ring (bicyclic) bond motifs is 1. The Balaban J connectivity index is 2.09. The maximum Gasteiger partial charge on any atom is 0.161 e. The average Bonchev–Trinajstić information content (AvgIpc) is 2.54. The molecular weight excluding hydrogens is 286 g/mol. The van der Waals surface area contributed by atoms with Crippen molar-refractivity contribution in [1.82, 2.24) is 5.32 Å². The predicted molar refractivity (Wildman–Crippen MR) is 93.6 cm³/mol. The first-order valence-electron chi connectivity index (χ1n) is 8.28. The third-order valence-corrected chi connectivity index (χ3v) is 4.52. The lowest BCUT2D eigenvalue weighted by Crippen LogP contribution is -2.31. The first kappa shape index (κ1) is 15.9. The van der Waals surface area contributed by atoms with Crippen LogP contribution in [0.1, 0.15) is 40.8 Å². The van der Waals surface area contributed by atoms with Crippen LogP contribution in [0.4, 0.5) is 0 Å². The Bertz CT molecular complexity index is 709. The minimum absolute atomic E-state index is 0.212. The van der Waals surface area contributed by atoms with Gasteiger partial charge in [-0.25, -0.2) is 0 Å². The van der Waals surface area contributed by atoms with Gasteiger partial charge in [-0.05, 0) is 61.6 Å². The van der Waals surface area contributed by atoms with Gasteiger partial charge in [0, 0.05) is 6.54 Å². The van der Waals surface area contributed by atoms with Crippen LogP contribution in [-0.4, -0.2) is 20.3 Å². The maximum absolute atomic E-state index is 5.77. The molecule has 0 saturated heterocycles. The summed E-state index contributed by atoms with van der Waals surface area (Å²) in [5.74, 6) is 1.65. The van der Waals surface area contributed by atoms with Crippen molar-refractivity contribution in [1.29, 1.82) is 0 Å². The minimum atomic E-state index is 0.212. The molecular formula is C20H25NO2. The number of nitrogens with one attached hydrogen (secondary N) is 1. The van der Waals surface area contributed by atoms with Crippen LogP contribution in [0.3, 0.4) is 0 Å². The van der Waals surface area contributed by atoms with Crippen molar-refractivity contribution in [3.63, 3.8) is 0 Å². The number of aryl methyl sites for hydroxylation is 2. The summed E-state index contributed by atoms with van der Waals surface area (Å²) in [6.07, 6.45) is 1.01. The summed E-state index contributed by atoms with van der Waals surface area (Å²) in [7, 11) is 1.70. The molecule has 0 spiro atoms. The molecule has 0 aliphatic carbocycles. The van der Waals surface area contributed by atoms with Crippen molar-refractivity contribution in [2.24, 2.45) is 0 Å². The zero-order chi connectivity index (χ0) is 16.4. The third-order valence-electron chi connectivity index (χ3n) is 4.52. The SMILES string of the molecule is CCOc1cc2c(cc1OC)CCNC2c1ccc(C)cc1C. The highest BCUT2D eigenvalue weighted by Gasteiger charge is 2.25. The van der Waals surface area contributed by atoms with Crippen LogP contribution in [0.5, 0.6) is 11.5 Å². The van der Waals surface area contributed by atoms with Gasteiger partial charge >= 0.3 is 0 Å². The van der Waals surface area contributed by atoms with Gasteiger partial charge < -0.3 is 14.8 Å². The Morgan fingerprint density at radius 1 is 1.09 bits per heavy atom. The average molecular weight is 311 g/mol. The largest absolute Gasteiger partial charge is 0.493 e. The highest BCUT2D eigenvalue weighted by molar-refractivity contribution is 5.52. The van der Waals surface area contributed by atoms with E-state index in [1.165, 1.54) is 27.8 Å². The molecule has 1 N–H and O–H groups in total. The van der Waals surface area contributed by atoms with Crippen LogP contribution in [0.25, 0.3) is 0 Å². The van der Waals surface area contributed by atoms with Crippen LogP contribution in [0.15, 0.2) is 30.3 Å². The van der Waals surface area contributed by atoms with Gasteiger partial charge in [0.25, 0.3) is 0 Å². The third kappa shape index (κ3) is 3.06. The topological polar surface area (TPSA) is 30.5 Å². The number of hydrogen-bond donors (Lipinski definition) is 1. The van der Waals surface area contributed by atoms with Crippen molar-refractivity contribution in [2.45, 2.75) is 33.2 Å². The van der Waals surface area contributed by atoms with E-state index in [1.807, 2.05) is 6.92 Å². The smallest absolute Gasteiger partial charge is 0.161 e. The van der Waals surface area contributed by atoms with Crippen molar-refractivity contribution >= 4 is 0 Å². The number of rotatable bonds is 4. The van der Waals surface area contributed by atoms with Crippen molar-refractivity contribution in [2.75, 3.05) is 20.3 Å². The predicted octanol–water partition coefficient (Wildman–Crippen LogP) is 3.95. The van der Waals surface area contributed by atoms with E-state index in [4.69, 9.17) is 9.47 Å². The second-order valence-electron chi connectivity index (χ2n) is 6.13. The lowest BCUT2D eigenvalue weighted by molar-refractivity contribution is 0.309. The van der Waals surface area contributed by atoms with Crippen molar-refractivity contribution in [3.05, 3.63) is 58.1 Å². The van der Waals surface area contributed by atoms with Crippen LogP contribution < -0.4 is 14.8 Å². The minimum Gasteiger partial charge on any atom is -0.493 e. The molecule has 0 amide bonds. The quantitative estimate of drug-likeness (QED) is 0.927. The van der Waals surface area contributed by atoms with E-state index >= 15 is 0 Å². The summed E-state index contributed by atoms with van der Waals surface area (Å²) in [5.41, 5.74) is 6.60. The number of methoxy groups -OCH3 is 1. The zero-order valence-electron chi connectivity index (χ0n) is 14.4. The second-order valence-corrected chi connectivity index (χ2v) is 6.13. The first-order valence-corrected chi connectivity index (χ1v) is 8.28. The highest BCUT2D eigenvalue weighted by Crippen LogP contribution is 2.38. The molecule has 0 bridgehead atoms. The molecule has 0 saturated carbocycles. The summed E-state index contributed by atoms with van der Waals surface area (Å²) in [6, 6.07) is 11.2. The molecule has 1 aliphatic rings. The van der Waals surface area contributed by atoms with E-state index < -0.39 is 0 Å². The van der Waals surface area contributed by atoms with Gasteiger partial charge in [0.1, 0.15) is 0 Å². The molecule has 1 unspecified atom stereocenters. The molecule has 1 heterocycles. The Morgan fingerprint density at radius 3 is 2.61 bits per heavy atom. The van der Waals surface area contributed by atoms with E-state index in [0.29, 0.717) is 6.61 Å². The Labute approximate surface area is 138 Å². The maximum atomic E-state index is 5.77. The molecule has 3 nitrogen and oxygen atoms in total. The summed E-state index contributed by atoms with van der Waals surface area (Å²) in [6.45, 7) is 7.93. The highest BCUT2D eigenvalue weighted by atomic mass is 16.5. The molecule has 23 heavy (non-hydrogen) atoms. The Hall–Kier alpha value is -2.00. The standard InChI is InChI=1S/C20H25NO2/c1-5-23-19-12-17-15(11-18(19)22-4)8-9-21-20(17)16-7-6-13(2)10-14(16)3/h6-7,10-12,20-21H,5,8-9H2,1-4H3. The van der Waals surface area contributed by atoms with Crippen LogP contribution >= 0.6 is 0 Å². The van der Waals surface area contributed by atoms with Crippen molar-refractivity contribution in [3.8, 4) is 11.5 Å².